The third-order valence-electron chi connectivity index (χ3n) is 5.32. The summed E-state index contributed by atoms with van der Waals surface area (Å²) in [5.41, 5.74) is 1.10. The third kappa shape index (κ3) is 6.00. The minimum atomic E-state index is -2.98. The summed E-state index contributed by atoms with van der Waals surface area (Å²) in [6.45, 7) is 1.39. The number of hydrogen-bond donors (Lipinski definition) is 1. The van der Waals surface area contributed by atoms with Crippen molar-refractivity contribution in [3.63, 3.8) is 0 Å². The summed E-state index contributed by atoms with van der Waals surface area (Å²) in [6.07, 6.45) is -0.580. The molecule has 2 atom stereocenters. The normalized spacial score (nSPS) is 18.7. The van der Waals surface area contributed by atoms with E-state index >= 15 is 0 Å². The quantitative estimate of drug-likeness (QED) is 0.623. The van der Waals surface area contributed by atoms with Crippen molar-refractivity contribution in [3.8, 4) is 5.75 Å². The van der Waals surface area contributed by atoms with Crippen LogP contribution in [-0.2, 0) is 9.53 Å². The topological polar surface area (TPSA) is 67.9 Å². The first-order valence-electron chi connectivity index (χ1n) is 10.2. The van der Waals surface area contributed by atoms with Crippen molar-refractivity contribution >= 4 is 11.9 Å². The van der Waals surface area contributed by atoms with Crippen molar-refractivity contribution in [1.29, 1.82) is 0 Å². The molecule has 172 valence electrons. The first kappa shape index (κ1) is 23.6. The van der Waals surface area contributed by atoms with Crippen LogP contribution in [0.25, 0.3) is 0 Å². The van der Waals surface area contributed by atoms with Gasteiger partial charge in [-0.15, -0.1) is 0 Å². The smallest absolute Gasteiger partial charge is 0.337 e. The van der Waals surface area contributed by atoms with Gasteiger partial charge in [0.15, 0.2) is 0 Å². The Kier molecular flexibility index (Phi) is 7.40. The van der Waals surface area contributed by atoms with Crippen molar-refractivity contribution in [2.45, 2.75) is 31.4 Å². The molecule has 1 saturated heterocycles. The second-order valence-corrected chi connectivity index (χ2v) is 7.69. The van der Waals surface area contributed by atoms with E-state index in [-0.39, 0.29) is 13.2 Å². The number of rotatable bonds is 8. The summed E-state index contributed by atoms with van der Waals surface area (Å²) >= 11 is 0. The molecule has 1 N–H and O–H groups in total. The van der Waals surface area contributed by atoms with E-state index in [4.69, 9.17) is 4.74 Å². The molecule has 32 heavy (non-hydrogen) atoms. The van der Waals surface area contributed by atoms with E-state index in [9.17, 15) is 22.8 Å². The average molecular weight is 450 g/mol. The van der Waals surface area contributed by atoms with Crippen LogP contribution in [0.1, 0.15) is 35.3 Å². The maximum atomic E-state index is 14.1. The Morgan fingerprint density at radius 1 is 1.16 bits per heavy atom. The predicted octanol–water partition coefficient (Wildman–Crippen LogP) is 3.58. The standard InChI is InChI=1S/C23H25F3N2O4/c1-15(16-3-5-17(6-4-16)22(30)31-2)27-21(29)20-13-23(25,26)14-28(20)11-12-32-19-9-7-18(24)8-10-19/h3-10,15,20H,11-14H2,1-2H3,(H,27,29)/t15-,20+/m0/s1. The van der Waals surface area contributed by atoms with Crippen LogP contribution in [0.4, 0.5) is 13.2 Å². The molecule has 1 aliphatic rings. The fourth-order valence-corrected chi connectivity index (χ4v) is 3.61. The molecule has 0 saturated carbocycles. The zero-order chi connectivity index (χ0) is 23.3. The number of amides is 1. The lowest BCUT2D eigenvalue weighted by Crippen LogP contribution is -2.45. The highest BCUT2D eigenvalue weighted by Gasteiger charge is 2.47. The second-order valence-electron chi connectivity index (χ2n) is 7.69. The number of carbonyl (C=O) groups is 2. The monoisotopic (exact) mass is 450 g/mol. The molecule has 2 aromatic carbocycles. The number of halogens is 3. The van der Waals surface area contributed by atoms with Crippen LogP contribution in [0.15, 0.2) is 48.5 Å². The van der Waals surface area contributed by atoms with Gasteiger partial charge >= 0.3 is 5.97 Å². The molecular formula is C23H25F3N2O4. The molecule has 0 spiro atoms. The average Bonchev–Trinajstić information content (AvgIpc) is 3.09. The van der Waals surface area contributed by atoms with Gasteiger partial charge in [-0.25, -0.2) is 18.0 Å². The molecule has 2 aromatic rings. The Hall–Kier alpha value is -3.07. The Morgan fingerprint density at radius 3 is 2.44 bits per heavy atom. The molecule has 0 aliphatic carbocycles. The fraction of sp³-hybridized carbons (Fsp3) is 0.391. The van der Waals surface area contributed by atoms with E-state index < -0.39 is 48.7 Å². The Balaban J connectivity index is 1.58. The van der Waals surface area contributed by atoms with Crippen molar-refractivity contribution in [2.75, 3.05) is 26.8 Å². The lowest BCUT2D eigenvalue weighted by molar-refractivity contribution is -0.126. The number of likely N-dealkylation sites (tertiary alicyclic amines) is 1. The van der Waals surface area contributed by atoms with Crippen LogP contribution >= 0.6 is 0 Å². The maximum absolute atomic E-state index is 14.1. The number of alkyl halides is 2. The Labute approximate surface area is 184 Å². The van der Waals surface area contributed by atoms with Crippen molar-refractivity contribution < 1.29 is 32.2 Å². The van der Waals surface area contributed by atoms with Gasteiger partial charge in [0.05, 0.1) is 31.3 Å². The largest absolute Gasteiger partial charge is 0.492 e. The third-order valence-corrected chi connectivity index (χ3v) is 5.32. The van der Waals surface area contributed by atoms with Gasteiger partial charge in [0.25, 0.3) is 5.92 Å². The molecule has 0 radical (unpaired) electrons. The highest BCUT2D eigenvalue weighted by Crippen LogP contribution is 2.32. The van der Waals surface area contributed by atoms with E-state index in [1.807, 2.05) is 0 Å². The maximum Gasteiger partial charge on any atom is 0.337 e. The van der Waals surface area contributed by atoms with Gasteiger partial charge in [0.1, 0.15) is 18.2 Å². The fourth-order valence-electron chi connectivity index (χ4n) is 3.61. The highest BCUT2D eigenvalue weighted by atomic mass is 19.3. The van der Waals surface area contributed by atoms with Crippen molar-refractivity contribution in [3.05, 3.63) is 65.5 Å². The van der Waals surface area contributed by atoms with Gasteiger partial charge < -0.3 is 14.8 Å². The van der Waals surface area contributed by atoms with E-state index in [0.29, 0.717) is 11.3 Å². The number of benzene rings is 2. The van der Waals surface area contributed by atoms with Gasteiger partial charge in [0.2, 0.25) is 5.91 Å². The number of methoxy groups -OCH3 is 1. The summed E-state index contributed by atoms with van der Waals surface area (Å²) in [4.78, 5) is 25.7. The minimum Gasteiger partial charge on any atom is -0.492 e. The molecule has 9 heteroatoms. The molecule has 1 heterocycles. The molecule has 0 aromatic heterocycles. The summed E-state index contributed by atoms with van der Waals surface area (Å²) in [7, 11) is 1.28. The first-order chi connectivity index (χ1) is 15.2. The lowest BCUT2D eigenvalue weighted by Gasteiger charge is -2.24. The summed E-state index contributed by atoms with van der Waals surface area (Å²) < 4.78 is 51.2. The van der Waals surface area contributed by atoms with Crippen LogP contribution in [0, 0.1) is 5.82 Å². The van der Waals surface area contributed by atoms with Crippen molar-refractivity contribution in [1.82, 2.24) is 10.2 Å². The van der Waals surface area contributed by atoms with E-state index in [2.05, 4.69) is 10.1 Å². The molecule has 1 fully saturated rings. The first-order valence-corrected chi connectivity index (χ1v) is 10.2. The summed E-state index contributed by atoms with van der Waals surface area (Å²) in [5.74, 6) is -3.94. The highest BCUT2D eigenvalue weighted by molar-refractivity contribution is 5.89. The minimum absolute atomic E-state index is 0.0794. The van der Waals surface area contributed by atoms with Gasteiger partial charge in [-0.1, -0.05) is 12.1 Å². The summed E-state index contributed by atoms with van der Waals surface area (Å²) in [5, 5.41) is 2.77. The Bertz CT molecular complexity index is 935. The van der Waals surface area contributed by atoms with E-state index in [0.717, 1.165) is 5.56 Å². The number of nitrogens with zero attached hydrogens (tertiary/aromatic N) is 1. The van der Waals surface area contributed by atoms with Crippen LogP contribution < -0.4 is 10.1 Å². The van der Waals surface area contributed by atoms with Crippen LogP contribution in [0.5, 0.6) is 5.75 Å². The molecule has 0 unspecified atom stereocenters. The SMILES string of the molecule is COC(=O)c1ccc([C@H](C)NC(=O)[C@H]2CC(F)(F)CN2CCOc2ccc(F)cc2)cc1. The summed E-state index contributed by atoms with van der Waals surface area (Å²) in [6, 6.07) is 10.4. The second kappa shape index (κ2) is 10.0. The number of carbonyl (C=O) groups excluding carboxylic acids is 2. The molecule has 0 bridgehead atoms. The number of esters is 1. The van der Waals surface area contributed by atoms with Crippen molar-refractivity contribution in [2.24, 2.45) is 0 Å². The lowest BCUT2D eigenvalue weighted by atomic mass is 10.1. The van der Waals surface area contributed by atoms with E-state index in [1.54, 1.807) is 31.2 Å². The van der Waals surface area contributed by atoms with Gasteiger partial charge in [0, 0.05) is 13.0 Å². The molecule has 1 aliphatic heterocycles. The van der Waals surface area contributed by atoms with Gasteiger partial charge in [-0.05, 0) is 48.9 Å². The zero-order valence-electron chi connectivity index (χ0n) is 17.8. The molecular weight excluding hydrogens is 425 g/mol. The molecule has 1 amide bonds. The molecule has 6 nitrogen and oxygen atoms in total. The van der Waals surface area contributed by atoms with Crippen LogP contribution in [0.2, 0.25) is 0 Å². The molecule has 3 rings (SSSR count). The number of nitrogens with one attached hydrogen (secondary N) is 1. The predicted molar refractivity (Wildman–Crippen MR) is 111 cm³/mol. The number of ether oxygens (including phenoxy) is 2. The van der Waals surface area contributed by atoms with E-state index in [1.165, 1.54) is 36.3 Å². The Morgan fingerprint density at radius 2 is 1.81 bits per heavy atom. The van der Waals surface area contributed by atoms with Gasteiger partial charge in [-0.2, -0.15) is 0 Å². The zero-order valence-corrected chi connectivity index (χ0v) is 17.8. The van der Waals surface area contributed by atoms with Gasteiger partial charge in [-0.3, -0.25) is 9.69 Å². The number of hydrogen-bond acceptors (Lipinski definition) is 5. The van der Waals surface area contributed by atoms with Crippen LogP contribution in [0.3, 0.4) is 0 Å². The van der Waals surface area contributed by atoms with Crippen LogP contribution in [-0.4, -0.2) is 55.5 Å².